The van der Waals surface area contributed by atoms with Gasteiger partial charge in [0.2, 0.25) is 0 Å². The maximum absolute atomic E-state index is 13.5. The lowest BCUT2D eigenvalue weighted by atomic mass is 10.1. The number of hydrogen-bond acceptors (Lipinski definition) is 3. The molecule has 1 aromatic carbocycles. The molecule has 1 aromatic rings. The smallest absolute Gasteiger partial charge is 0.142 e. The summed E-state index contributed by atoms with van der Waals surface area (Å²) in [4.78, 5) is 2.19. The molecule has 0 bridgehead atoms. The number of ether oxygens (including phenoxy) is 1. The Bertz CT molecular complexity index is 419. The molecule has 1 atom stereocenters. The van der Waals surface area contributed by atoms with Gasteiger partial charge in [0.1, 0.15) is 11.6 Å². The third kappa shape index (κ3) is 4.10. The molecule has 20 heavy (non-hydrogen) atoms. The van der Waals surface area contributed by atoms with Crippen molar-refractivity contribution in [3.63, 3.8) is 0 Å². The molecule has 1 N–H and O–H groups in total. The molecule has 1 saturated heterocycles. The van der Waals surface area contributed by atoms with Gasteiger partial charge in [-0.25, -0.2) is 4.39 Å². The van der Waals surface area contributed by atoms with E-state index >= 15 is 0 Å². The van der Waals surface area contributed by atoms with Crippen LogP contribution < -0.4 is 15.0 Å². The third-order valence-corrected chi connectivity index (χ3v) is 3.68. The summed E-state index contributed by atoms with van der Waals surface area (Å²) in [6.07, 6.45) is 2.32. The van der Waals surface area contributed by atoms with E-state index in [-0.39, 0.29) is 5.82 Å². The Morgan fingerprint density at radius 2 is 2.10 bits per heavy atom. The lowest BCUT2D eigenvalue weighted by Crippen LogP contribution is -2.43. The lowest BCUT2D eigenvalue weighted by Gasteiger charge is -2.31. The predicted molar refractivity (Wildman–Crippen MR) is 81.0 cm³/mol. The first-order valence-corrected chi connectivity index (χ1v) is 7.58. The van der Waals surface area contributed by atoms with Gasteiger partial charge in [-0.1, -0.05) is 20.3 Å². The van der Waals surface area contributed by atoms with Crippen molar-refractivity contribution in [2.75, 3.05) is 37.7 Å². The Balaban J connectivity index is 2.06. The highest BCUT2D eigenvalue weighted by molar-refractivity contribution is 5.59. The van der Waals surface area contributed by atoms with Crippen LogP contribution in [0.25, 0.3) is 0 Å². The minimum atomic E-state index is -0.201. The topological polar surface area (TPSA) is 24.5 Å². The average molecular weight is 280 g/mol. The van der Waals surface area contributed by atoms with Crippen LogP contribution in [0.1, 0.15) is 26.7 Å². The second-order valence-electron chi connectivity index (χ2n) is 5.55. The SMILES string of the molecule is CCCC(C)COc1ccc(F)cc1N1CCNCC1. The lowest BCUT2D eigenvalue weighted by molar-refractivity contribution is 0.251. The zero-order chi connectivity index (χ0) is 14.4. The van der Waals surface area contributed by atoms with E-state index in [1.165, 1.54) is 12.5 Å². The highest BCUT2D eigenvalue weighted by atomic mass is 19.1. The van der Waals surface area contributed by atoms with Crippen molar-refractivity contribution in [3.05, 3.63) is 24.0 Å². The highest BCUT2D eigenvalue weighted by Crippen LogP contribution is 2.30. The molecule has 112 valence electrons. The molecule has 1 unspecified atom stereocenters. The van der Waals surface area contributed by atoms with Gasteiger partial charge < -0.3 is 15.0 Å². The second-order valence-corrected chi connectivity index (χ2v) is 5.55. The quantitative estimate of drug-likeness (QED) is 0.867. The number of nitrogens with zero attached hydrogens (tertiary/aromatic N) is 1. The molecule has 3 nitrogen and oxygen atoms in total. The fourth-order valence-corrected chi connectivity index (χ4v) is 2.57. The van der Waals surface area contributed by atoms with Crippen LogP contribution in [0.15, 0.2) is 18.2 Å². The number of piperazine rings is 1. The minimum Gasteiger partial charge on any atom is -0.491 e. The van der Waals surface area contributed by atoms with Gasteiger partial charge in [-0.3, -0.25) is 0 Å². The second kappa shape index (κ2) is 7.48. The van der Waals surface area contributed by atoms with Crippen molar-refractivity contribution in [3.8, 4) is 5.75 Å². The number of nitrogens with one attached hydrogen (secondary N) is 1. The summed E-state index contributed by atoms with van der Waals surface area (Å²) in [6.45, 7) is 8.72. The largest absolute Gasteiger partial charge is 0.491 e. The first-order chi connectivity index (χ1) is 9.70. The molecule has 1 aliphatic rings. The van der Waals surface area contributed by atoms with Gasteiger partial charge in [0.25, 0.3) is 0 Å². The summed E-state index contributed by atoms with van der Waals surface area (Å²) in [5.74, 6) is 1.13. The van der Waals surface area contributed by atoms with Gasteiger partial charge in [-0.15, -0.1) is 0 Å². The molecule has 0 spiro atoms. The molecule has 4 heteroatoms. The summed E-state index contributed by atoms with van der Waals surface area (Å²) in [5, 5.41) is 3.31. The van der Waals surface area contributed by atoms with E-state index in [9.17, 15) is 4.39 Å². The zero-order valence-electron chi connectivity index (χ0n) is 12.5. The Labute approximate surface area is 121 Å². The number of benzene rings is 1. The van der Waals surface area contributed by atoms with Gasteiger partial charge in [-0.2, -0.15) is 0 Å². The van der Waals surface area contributed by atoms with Crippen LogP contribution >= 0.6 is 0 Å². The van der Waals surface area contributed by atoms with Crippen molar-refractivity contribution in [1.29, 1.82) is 0 Å². The van der Waals surface area contributed by atoms with E-state index in [1.807, 2.05) is 0 Å². The van der Waals surface area contributed by atoms with Crippen molar-refractivity contribution in [1.82, 2.24) is 5.32 Å². The normalized spacial score (nSPS) is 17.1. The Morgan fingerprint density at radius 1 is 1.35 bits per heavy atom. The Morgan fingerprint density at radius 3 is 2.80 bits per heavy atom. The maximum Gasteiger partial charge on any atom is 0.142 e. The van der Waals surface area contributed by atoms with E-state index in [0.29, 0.717) is 12.5 Å². The predicted octanol–water partition coefficient (Wildman–Crippen LogP) is 3.05. The standard InChI is InChI=1S/C16H25FN2O/c1-3-4-13(2)12-20-16-6-5-14(17)11-15(16)19-9-7-18-8-10-19/h5-6,11,13,18H,3-4,7-10,12H2,1-2H3. The first kappa shape index (κ1) is 15.1. The summed E-state index contributed by atoms with van der Waals surface area (Å²) in [5.41, 5.74) is 0.884. The van der Waals surface area contributed by atoms with Crippen molar-refractivity contribution >= 4 is 5.69 Å². The van der Waals surface area contributed by atoms with E-state index in [0.717, 1.165) is 44.0 Å². The average Bonchev–Trinajstić information content (AvgIpc) is 2.47. The summed E-state index contributed by atoms with van der Waals surface area (Å²) in [7, 11) is 0. The summed E-state index contributed by atoms with van der Waals surface area (Å²) in [6, 6.07) is 4.82. The molecule has 0 aliphatic carbocycles. The first-order valence-electron chi connectivity index (χ1n) is 7.58. The molecular formula is C16H25FN2O. The summed E-state index contributed by atoms with van der Waals surface area (Å²) >= 11 is 0. The monoisotopic (exact) mass is 280 g/mol. The van der Waals surface area contributed by atoms with Gasteiger partial charge in [0.15, 0.2) is 0 Å². The fourth-order valence-electron chi connectivity index (χ4n) is 2.57. The van der Waals surface area contributed by atoms with Crippen LogP contribution in [0.2, 0.25) is 0 Å². The van der Waals surface area contributed by atoms with Gasteiger partial charge in [-0.05, 0) is 24.5 Å². The number of rotatable bonds is 6. The number of hydrogen-bond donors (Lipinski definition) is 1. The van der Waals surface area contributed by atoms with Gasteiger partial charge in [0, 0.05) is 32.2 Å². The Hall–Kier alpha value is -1.29. The van der Waals surface area contributed by atoms with Crippen LogP contribution in [0.3, 0.4) is 0 Å². The molecule has 2 rings (SSSR count). The number of anilines is 1. The van der Waals surface area contributed by atoms with Crippen LogP contribution in [0.4, 0.5) is 10.1 Å². The molecule has 1 heterocycles. The maximum atomic E-state index is 13.5. The van der Waals surface area contributed by atoms with E-state index in [2.05, 4.69) is 24.1 Å². The van der Waals surface area contributed by atoms with E-state index in [1.54, 1.807) is 12.1 Å². The Kier molecular flexibility index (Phi) is 5.65. The van der Waals surface area contributed by atoms with Crippen LogP contribution in [-0.2, 0) is 0 Å². The van der Waals surface area contributed by atoms with E-state index < -0.39 is 0 Å². The van der Waals surface area contributed by atoms with E-state index in [4.69, 9.17) is 4.74 Å². The van der Waals surface area contributed by atoms with Crippen LogP contribution in [-0.4, -0.2) is 32.8 Å². The molecule has 0 amide bonds. The minimum absolute atomic E-state index is 0.201. The number of halogens is 1. The zero-order valence-corrected chi connectivity index (χ0v) is 12.5. The van der Waals surface area contributed by atoms with Crippen molar-refractivity contribution in [2.24, 2.45) is 5.92 Å². The molecule has 1 aliphatic heterocycles. The summed E-state index contributed by atoms with van der Waals surface area (Å²) < 4.78 is 19.5. The third-order valence-electron chi connectivity index (χ3n) is 3.68. The van der Waals surface area contributed by atoms with Crippen molar-refractivity contribution in [2.45, 2.75) is 26.7 Å². The fraction of sp³-hybridized carbons (Fsp3) is 0.625. The molecular weight excluding hydrogens is 255 g/mol. The highest BCUT2D eigenvalue weighted by Gasteiger charge is 2.16. The van der Waals surface area contributed by atoms with Crippen LogP contribution in [0, 0.1) is 11.7 Å². The molecule has 0 aromatic heterocycles. The van der Waals surface area contributed by atoms with Gasteiger partial charge in [0.05, 0.1) is 12.3 Å². The van der Waals surface area contributed by atoms with Gasteiger partial charge >= 0.3 is 0 Å². The van der Waals surface area contributed by atoms with Crippen molar-refractivity contribution < 1.29 is 9.13 Å². The molecule has 0 saturated carbocycles. The molecule has 1 fully saturated rings. The molecule has 0 radical (unpaired) electrons. The van der Waals surface area contributed by atoms with Crippen LogP contribution in [0.5, 0.6) is 5.75 Å².